The summed E-state index contributed by atoms with van der Waals surface area (Å²) in [5.41, 5.74) is 0. The van der Waals surface area contributed by atoms with Gasteiger partial charge in [0.25, 0.3) is 5.91 Å². The van der Waals surface area contributed by atoms with Crippen molar-refractivity contribution in [2.75, 3.05) is 0 Å². The van der Waals surface area contributed by atoms with E-state index in [2.05, 4.69) is 5.32 Å². The van der Waals surface area contributed by atoms with Gasteiger partial charge in [-0.2, -0.15) is 8.78 Å². The predicted molar refractivity (Wildman–Crippen MR) is 45.5 cm³/mol. The molecule has 0 heterocycles. The molecule has 0 bridgehead atoms. The third-order valence-corrected chi connectivity index (χ3v) is 1.97. The lowest BCUT2D eigenvalue weighted by molar-refractivity contribution is -0.143. The second-order valence-corrected chi connectivity index (χ2v) is 3.33. The first-order chi connectivity index (χ1) is 6.00. The van der Waals surface area contributed by atoms with Crippen molar-refractivity contribution in [1.82, 2.24) is 5.32 Å². The Bertz CT molecular complexity index is 220. The van der Waals surface area contributed by atoms with Gasteiger partial charge in [0.15, 0.2) is 0 Å². The van der Waals surface area contributed by atoms with Gasteiger partial charge in [0, 0.05) is 13.0 Å². The summed E-state index contributed by atoms with van der Waals surface area (Å²) in [6, 6.07) is -0.216. The van der Waals surface area contributed by atoms with Crippen molar-refractivity contribution in [3.8, 4) is 0 Å². The summed E-state index contributed by atoms with van der Waals surface area (Å²) in [5, 5.41) is 2.28. The Morgan fingerprint density at radius 1 is 1.62 bits per heavy atom. The number of alkyl halides is 2. The summed E-state index contributed by atoms with van der Waals surface area (Å²) in [7, 11) is 0. The van der Waals surface area contributed by atoms with Crippen molar-refractivity contribution in [2.45, 2.75) is 38.2 Å². The molecule has 0 aliphatic heterocycles. The van der Waals surface area contributed by atoms with Crippen molar-refractivity contribution in [1.29, 1.82) is 0 Å². The Balaban J connectivity index is 2.44. The predicted octanol–water partition coefficient (Wildman–Crippen LogP) is 1.87. The minimum absolute atomic E-state index is 0.216. The summed E-state index contributed by atoms with van der Waals surface area (Å²) < 4.78 is 24.9. The number of halogens is 2. The molecule has 0 spiro atoms. The van der Waals surface area contributed by atoms with E-state index in [1.54, 1.807) is 6.08 Å². The van der Waals surface area contributed by atoms with E-state index in [-0.39, 0.29) is 6.04 Å². The van der Waals surface area contributed by atoms with Crippen molar-refractivity contribution in [3.05, 3.63) is 12.2 Å². The van der Waals surface area contributed by atoms with E-state index in [1.807, 2.05) is 6.08 Å². The van der Waals surface area contributed by atoms with Gasteiger partial charge in [0.05, 0.1) is 0 Å². The molecular formula is C9H13F2NO. The minimum atomic E-state index is -3.27. The first-order valence-electron chi connectivity index (χ1n) is 4.35. The van der Waals surface area contributed by atoms with Crippen molar-refractivity contribution in [2.24, 2.45) is 0 Å². The van der Waals surface area contributed by atoms with Gasteiger partial charge in [-0.05, 0) is 19.3 Å². The standard InChI is InChI=1S/C9H13F2NO/c1-9(10,11)8(13)12-7-5-3-2-4-6-7/h3,5,7H,2,4,6H2,1H3,(H,12,13). The summed E-state index contributed by atoms with van der Waals surface area (Å²) in [6.45, 7) is 0.606. The molecule has 1 aliphatic carbocycles. The minimum Gasteiger partial charge on any atom is -0.345 e. The molecule has 1 unspecified atom stereocenters. The zero-order valence-corrected chi connectivity index (χ0v) is 7.52. The van der Waals surface area contributed by atoms with E-state index in [0.29, 0.717) is 6.92 Å². The van der Waals surface area contributed by atoms with E-state index in [1.165, 1.54) is 0 Å². The number of carbonyl (C=O) groups is 1. The fraction of sp³-hybridized carbons (Fsp3) is 0.667. The Morgan fingerprint density at radius 2 is 2.31 bits per heavy atom. The van der Waals surface area contributed by atoms with Crippen LogP contribution in [0.2, 0.25) is 0 Å². The van der Waals surface area contributed by atoms with Crippen LogP contribution in [0.1, 0.15) is 26.2 Å². The first kappa shape index (κ1) is 10.2. The molecule has 0 saturated carbocycles. The molecule has 1 aliphatic rings. The number of nitrogens with one attached hydrogen (secondary N) is 1. The molecule has 0 aromatic rings. The van der Waals surface area contributed by atoms with Crippen LogP contribution >= 0.6 is 0 Å². The van der Waals surface area contributed by atoms with E-state index < -0.39 is 11.8 Å². The van der Waals surface area contributed by atoms with Crippen LogP contribution in [0.4, 0.5) is 8.78 Å². The fourth-order valence-corrected chi connectivity index (χ4v) is 1.23. The number of carbonyl (C=O) groups excluding carboxylic acids is 1. The number of allylic oxidation sites excluding steroid dienone is 1. The Morgan fingerprint density at radius 3 is 2.77 bits per heavy atom. The molecule has 1 N–H and O–H groups in total. The summed E-state index contributed by atoms with van der Waals surface area (Å²) in [5.74, 6) is -4.46. The molecule has 0 saturated heterocycles. The number of rotatable bonds is 2. The van der Waals surface area contributed by atoms with Gasteiger partial charge in [0.1, 0.15) is 0 Å². The van der Waals surface area contributed by atoms with Crippen molar-refractivity contribution < 1.29 is 13.6 Å². The Hall–Kier alpha value is -0.930. The van der Waals surface area contributed by atoms with Crippen LogP contribution in [-0.2, 0) is 4.79 Å². The number of amides is 1. The van der Waals surface area contributed by atoms with E-state index >= 15 is 0 Å². The average Bonchev–Trinajstić information content (AvgIpc) is 2.04. The lowest BCUT2D eigenvalue weighted by Crippen LogP contribution is -2.43. The molecule has 0 fully saturated rings. The summed E-state index contributed by atoms with van der Waals surface area (Å²) >= 11 is 0. The van der Waals surface area contributed by atoms with Crippen LogP contribution in [0.5, 0.6) is 0 Å². The quantitative estimate of drug-likeness (QED) is 0.660. The van der Waals surface area contributed by atoms with Gasteiger partial charge in [-0.1, -0.05) is 12.2 Å². The maximum absolute atomic E-state index is 12.4. The summed E-state index contributed by atoms with van der Waals surface area (Å²) in [6.07, 6.45) is 6.33. The SMILES string of the molecule is CC(F)(F)C(=O)NC1C=CCCC1. The molecule has 13 heavy (non-hydrogen) atoms. The molecular weight excluding hydrogens is 176 g/mol. The van der Waals surface area contributed by atoms with Crippen LogP contribution in [0.3, 0.4) is 0 Å². The van der Waals surface area contributed by atoms with Crippen LogP contribution in [0.15, 0.2) is 12.2 Å². The normalized spacial score (nSPS) is 22.8. The van der Waals surface area contributed by atoms with Gasteiger partial charge >= 0.3 is 5.92 Å². The molecule has 0 aromatic carbocycles. The van der Waals surface area contributed by atoms with Gasteiger partial charge in [-0.25, -0.2) is 0 Å². The molecule has 1 atom stereocenters. The number of hydrogen-bond donors (Lipinski definition) is 1. The molecule has 0 radical (unpaired) electrons. The Labute approximate surface area is 76.0 Å². The third kappa shape index (κ3) is 3.13. The fourth-order valence-electron chi connectivity index (χ4n) is 1.23. The highest BCUT2D eigenvalue weighted by Crippen LogP contribution is 2.14. The van der Waals surface area contributed by atoms with E-state index in [9.17, 15) is 13.6 Å². The van der Waals surface area contributed by atoms with Crippen molar-refractivity contribution >= 4 is 5.91 Å². The highest BCUT2D eigenvalue weighted by Gasteiger charge is 2.33. The Kier molecular flexibility index (Phi) is 3.01. The first-order valence-corrected chi connectivity index (χ1v) is 4.35. The van der Waals surface area contributed by atoms with E-state index in [4.69, 9.17) is 0 Å². The largest absolute Gasteiger partial charge is 0.345 e. The second kappa shape index (κ2) is 3.85. The maximum atomic E-state index is 12.4. The van der Waals surface area contributed by atoms with E-state index in [0.717, 1.165) is 19.3 Å². The average molecular weight is 189 g/mol. The van der Waals surface area contributed by atoms with Gasteiger partial charge in [-0.3, -0.25) is 4.79 Å². The third-order valence-electron chi connectivity index (χ3n) is 1.97. The molecule has 4 heteroatoms. The van der Waals surface area contributed by atoms with Crippen LogP contribution in [0, 0.1) is 0 Å². The van der Waals surface area contributed by atoms with Crippen LogP contribution in [-0.4, -0.2) is 17.9 Å². The topological polar surface area (TPSA) is 29.1 Å². The molecule has 74 valence electrons. The molecule has 1 amide bonds. The highest BCUT2D eigenvalue weighted by atomic mass is 19.3. The monoisotopic (exact) mass is 189 g/mol. The molecule has 1 rings (SSSR count). The summed E-state index contributed by atoms with van der Waals surface area (Å²) in [4.78, 5) is 10.8. The van der Waals surface area contributed by atoms with Gasteiger partial charge < -0.3 is 5.32 Å². The highest BCUT2D eigenvalue weighted by molar-refractivity contribution is 5.83. The van der Waals surface area contributed by atoms with Crippen LogP contribution in [0.25, 0.3) is 0 Å². The van der Waals surface area contributed by atoms with Gasteiger partial charge in [-0.15, -0.1) is 0 Å². The lowest BCUT2D eigenvalue weighted by Gasteiger charge is -2.19. The smallest absolute Gasteiger partial charge is 0.321 e. The van der Waals surface area contributed by atoms with Crippen LogP contribution < -0.4 is 5.32 Å². The molecule has 0 aromatic heterocycles. The lowest BCUT2D eigenvalue weighted by atomic mass is 10.0. The van der Waals surface area contributed by atoms with Crippen molar-refractivity contribution in [3.63, 3.8) is 0 Å². The zero-order valence-electron chi connectivity index (χ0n) is 7.52. The maximum Gasteiger partial charge on any atom is 0.321 e. The second-order valence-electron chi connectivity index (χ2n) is 3.33. The molecule has 2 nitrogen and oxygen atoms in total. The zero-order chi connectivity index (χ0) is 9.90. The van der Waals surface area contributed by atoms with Gasteiger partial charge in [0.2, 0.25) is 0 Å². The number of hydrogen-bond acceptors (Lipinski definition) is 1.